The normalized spacial score (nSPS) is 24.3. The molecule has 3 atom stereocenters. The predicted molar refractivity (Wildman–Crippen MR) is 108 cm³/mol. The van der Waals surface area contributed by atoms with Gasteiger partial charge in [-0.05, 0) is 57.4 Å². The van der Waals surface area contributed by atoms with Gasteiger partial charge in [0.15, 0.2) is 5.69 Å². The Hall–Kier alpha value is -2.61. The lowest BCUT2D eigenvalue weighted by Gasteiger charge is -2.36. The highest BCUT2D eigenvalue weighted by molar-refractivity contribution is 6.05. The van der Waals surface area contributed by atoms with Crippen molar-refractivity contribution in [2.75, 3.05) is 18.9 Å². The number of piperidine rings is 1. The molecule has 1 unspecified atom stereocenters. The molecule has 1 aromatic carbocycles. The number of benzene rings is 1. The molecule has 2 fully saturated rings. The number of anilines is 1. The van der Waals surface area contributed by atoms with Crippen LogP contribution >= 0.6 is 0 Å². The van der Waals surface area contributed by atoms with Crippen molar-refractivity contribution in [1.82, 2.24) is 25.7 Å². The maximum atomic E-state index is 12.8. The van der Waals surface area contributed by atoms with Crippen LogP contribution in [0.25, 0.3) is 10.9 Å². The number of amides is 3. The second-order valence-electron chi connectivity index (χ2n) is 7.91. The number of nitrogens with zero attached hydrogens (tertiary/aromatic N) is 2. The van der Waals surface area contributed by atoms with Crippen LogP contribution in [0.1, 0.15) is 49.5 Å². The van der Waals surface area contributed by atoms with Crippen molar-refractivity contribution < 1.29 is 9.59 Å². The van der Waals surface area contributed by atoms with E-state index < -0.39 is 0 Å². The first kappa shape index (κ1) is 18.7. The molecule has 3 amide bonds. The number of rotatable bonds is 5. The van der Waals surface area contributed by atoms with Crippen molar-refractivity contribution in [2.45, 2.75) is 57.2 Å². The summed E-state index contributed by atoms with van der Waals surface area (Å²) in [5.74, 6) is -0.137. The summed E-state index contributed by atoms with van der Waals surface area (Å²) >= 11 is 0. The molecule has 1 aromatic heterocycles. The highest BCUT2D eigenvalue weighted by atomic mass is 16.2. The molecule has 4 N–H and O–H groups in total. The largest absolute Gasteiger partial charge is 0.348 e. The Morgan fingerprint density at radius 2 is 2.00 bits per heavy atom. The number of aromatic amines is 1. The highest BCUT2D eigenvalue weighted by Gasteiger charge is 2.39. The molecular weight excluding hydrogens is 356 g/mol. The van der Waals surface area contributed by atoms with E-state index >= 15 is 0 Å². The van der Waals surface area contributed by atoms with E-state index in [1.165, 1.54) is 12.8 Å². The first-order chi connectivity index (χ1) is 13.5. The monoisotopic (exact) mass is 384 g/mol. The van der Waals surface area contributed by atoms with E-state index in [2.05, 4.69) is 38.1 Å². The summed E-state index contributed by atoms with van der Waals surface area (Å²) in [5.41, 5.74) is 1.79. The van der Waals surface area contributed by atoms with Crippen LogP contribution in [0, 0.1) is 0 Å². The fourth-order valence-corrected chi connectivity index (χ4v) is 4.47. The third kappa shape index (κ3) is 3.69. The molecule has 0 radical (unpaired) electrons. The zero-order valence-electron chi connectivity index (χ0n) is 16.4. The van der Waals surface area contributed by atoms with Crippen LogP contribution in [0.2, 0.25) is 0 Å². The van der Waals surface area contributed by atoms with Crippen LogP contribution < -0.4 is 16.0 Å². The molecule has 2 saturated heterocycles. The molecule has 3 heterocycles. The van der Waals surface area contributed by atoms with Crippen molar-refractivity contribution in [1.29, 1.82) is 0 Å². The first-order valence-electron chi connectivity index (χ1n) is 10.1. The number of urea groups is 1. The Balaban J connectivity index is 1.43. The molecular formula is C20H28N6O2. The van der Waals surface area contributed by atoms with E-state index in [1.807, 2.05) is 13.0 Å². The molecule has 2 bridgehead atoms. The Kier molecular flexibility index (Phi) is 5.21. The lowest BCUT2D eigenvalue weighted by atomic mass is 9.98. The number of H-pyrrole nitrogens is 1. The van der Waals surface area contributed by atoms with Crippen LogP contribution in [0.5, 0.6) is 0 Å². The van der Waals surface area contributed by atoms with E-state index in [-0.39, 0.29) is 18.0 Å². The van der Waals surface area contributed by atoms with E-state index in [4.69, 9.17) is 0 Å². The topological polar surface area (TPSA) is 102 Å². The molecule has 150 valence electrons. The van der Waals surface area contributed by atoms with Gasteiger partial charge in [0.1, 0.15) is 0 Å². The van der Waals surface area contributed by atoms with Crippen LogP contribution in [0.3, 0.4) is 0 Å². The summed E-state index contributed by atoms with van der Waals surface area (Å²) in [6.07, 6.45) is 5.33. The van der Waals surface area contributed by atoms with Crippen molar-refractivity contribution in [3.8, 4) is 0 Å². The van der Waals surface area contributed by atoms with Crippen LogP contribution in [0.15, 0.2) is 18.2 Å². The highest BCUT2D eigenvalue weighted by Crippen LogP contribution is 2.34. The summed E-state index contributed by atoms with van der Waals surface area (Å²) in [6.45, 7) is 2.63. The van der Waals surface area contributed by atoms with Crippen LogP contribution in [0.4, 0.5) is 10.5 Å². The van der Waals surface area contributed by atoms with E-state index in [9.17, 15) is 9.59 Å². The molecule has 4 rings (SSSR count). The van der Waals surface area contributed by atoms with Gasteiger partial charge in [0.25, 0.3) is 5.91 Å². The molecule has 0 spiro atoms. The fraction of sp³-hybridized carbons (Fsp3) is 0.550. The average Bonchev–Trinajstić information content (AvgIpc) is 3.16. The van der Waals surface area contributed by atoms with Gasteiger partial charge in [0.05, 0.1) is 5.52 Å². The zero-order valence-corrected chi connectivity index (χ0v) is 16.4. The summed E-state index contributed by atoms with van der Waals surface area (Å²) < 4.78 is 0. The first-order valence-corrected chi connectivity index (χ1v) is 10.1. The fourth-order valence-electron chi connectivity index (χ4n) is 4.47. The number of aromatic nitrogens is 2. The Bertz CT molecular complexity index is 865. The van der Waals surface area contributed by atoms with Gasteiger partial charge in [-0.25, -0.2) is 4.79 Å². The van der Waals surface area contributed by atoms with Crippen molar-refractivity contribution in [3.05, 3.63) is 23.9 Å². The predicted octanol–water partition coefficient (Wildman–Crippen LogP) is 2.45. The number of hydrogen-bond donors (Lipinski definition) is 4. The van der Waals surface area contributed by atoms with E-state index in [0.717, 1.165) is 30.2 Å². The van der Waals surface area contributed by atoms with Gasteiger partial charge in [-0.15, -0.1) is 0 Å². The lowest BCUT2D eigenvalue weighted by Crippen LogP contribution is -2.48. The van der Waals surface area contributed by atoms with Gasteiger partial charge < -0.3 is 20.9 Å². The van der Waals surface area contributed by atoms with Crippen LogP contribution in [-0.4, -0.2) is 58.8 Å². The molecule has 2 aliphatic heterocycles. The molecule has 2 aromatic rings. The minimum Gasteiger partial charge on any atom is -0.348 e. The Morgan fingerprint density at radius 1 is 1.25 bits per heavy atom. The van der Waals surface area contributed by atoms with Gasteiger partial charge in [0.2, 0.25) is 0 Å². The van der Waals surface area contributed by atoms with Crippen molar-refractivity contribution in [2.24, 2.45) is 0 Å². The van der Waals surface area contributed by atoms with Gasteiger partial charge in [-0.3, -0.25) is 9.89 Å². The van der Waals surface area contributed by atoms with E-state index in [1.54, 1.807) is 12.1 Å². The Morgan fingerprint density at radius 3 is 2.71 bits per heavy atom. The minimum atomic E-state index is -0.240. The second-order valence-corrected chi connectivity index (χ2v) is 7.91. The smallest absolute Gasteiger partial charge is 0.319 e. The second kappa shape index (κ2) is 7.79. The number of hydrogen-bond acceptors (Lipinski definition) is 4. The third-order valence-electron chi connectivity index (χ3n) is 6.00. The van der Waals surface area contributed by atoms with E-state index in [0.29, 0.717) is 30.0 Å². The number of fused-ring (bicyclic) bond motifs is 3. The van der Waals surface area contributed by atoms with Gasteiger partial charge in [0, 0.05) is 35.7 Å². The van der Waals surface area contributed by atoms with Gasteiger partial charge >= 0.3 is 6.03 Å². The quantitative estimate of drug-likeness (QED) is 0.636. The molecule has 0 saturated carbocycles. The maximum absolute atomic E-state index is 12.8. The SMILES string of the molecule is CCCNC(=O)Nc1ccc2c(C(=O)NC3C[C@H]4CC[C@@H](C3)N4C)n[nH]c2c1. The van der Waals surface area contributed by atoms with Crippen molar-refractivity contribution >= 4 is 28.5 Å². The lowest BCUT2D eigenvalue weighted by molar-refractivity contribution is 0.0879. The zero-order chi connectivity index (χ0) is 19.7. The number of carbonyl (C=O) groups excluding carboxylic acids is 2. The Labute approximate surface area is 164 Å². The van der Waals surface area contributed by atoms with Gasteiger partial charge in [-0.1, -0.05) is 6.92 Å². The summed E-state index contributed by atoms with van der Waals surface area (Å²) in [4.78, 5) is 27.1. The molecule has 2 aliphatic rings. The maximum Gasteiger partial charge on any atom is 0.319 e. The molecule has 8 nitrogen and oxygen atoms in total. The standard InChI is InChI=1S/C20H28N6O2/c1-3-8-21-20(28)23-12-4-7-16-17(11-12)24-25-18(16)19(27)22-13-9-14-5-6-15(10-13)26(14)2/h4,7,11,13-15H,3,5-6,8-10H2,1-2H3,(H,22,27)(H,24,25)(H2,21,23,28)/t13?,14-,15+. The summed E-state index contributed by atoms with van der Waals surface area (Å²) in [5, 5.41) is 16.6. The summed E-state index contributed by atoms with van der Waals surface area (Å²) in [7, 11) is 2.19. The average molecular weight is 384 g/mol. The van der Waals surface area contributed by atoms with Crippen molar-refractivity contribution in [3.63, 3.8) is 0 Å². The molecule has 0 aliphatic carbocycles. The third-order valence-corrected chi connectivity index (χ3v) is 6.00. The molecule has 8 heteroatoms. The summed E-state index contributed by atoms with van der Waals surface area (Å²) in [6, 6.07) is 6.52. The van der Waals surface area contributed by atoms with Crippen LogP contribution in [-0.2, 0) is 0 Å². The minimum absolute atomic E-state index is 0.137. The number of nitrogens with one attached hydrogen (secondary N) is 4. The number of carbonyl (C=O) groups is 2. The van der Waals surface area contributed by atoms with Gasteiger partial charge in [-0.2, -0.15) is 5.10 Å². The molecule has 28 heavy (non-hydrogen) atoms.